The Morgan fingerprint density at radius 1 is 1.00 bits per heavy atom. The van der Waals surface area contributed by atoms with Gasteiger partial charge in [-0.05, 0) is 31.6 Å². The number of hydrogen-bond acceptors (Lipinski definition) is 3. The Morgan fingerprint density at radius 2 is 1.65 bits per heavy atom. The van der Waals surface area contributed by atoms with E-state index in [1.165, 1.54) is 19.4 Å². The molecular weight excluding hydrogens is 297 g/mol. The first-order valence-electron chi connectivity index (χ1n) is 7.51. The van der Waals surface area contributed by atoms with E-state index < -0.39 is 0 Å². The summed E-state index contributed by atoms with van der Waals surface area (Å²) in [4.78, 5) is 17.0. The Bertz CT molecular complexity index is 318. The number of piperazine rings is 1. The molecule has 2 N–H and O–H groups in total. The second-order valence-electron chi connectivity index (χ2n) is 6.27. The molecule has 2 saturated carbocycles. The van der Waals surface area contributed by atoms with E-state index >= 15 is 0 Å². The van der Waals surface area contributed by atoms with Crippen LogP contribution in [0.25, 0.3) is 0 Å². The lowest BCUT2D eigenvalue weighted by molar-refractivity contribution is -0.137. The van der Waals surface area contributed by atoms with Gasteiger partial charge in [-0.2, -0.15) is 0 Å². The molecule has 0 aromatic heterocycles. The van der Waals surface area contributed by atoms with Crippen molar-refractivity contribution in [1.82, 2.24) is 9.80 Å². The van der Waals surface area contributed by atoms with Crippen molar-refractivity contribution >= 4 is 30.7 Å². The van der Waals surface area contributed by atoms with Gasteiger partial charge in [0, 0.05) is 38.8 Å². The van der Waals surface area contributed by atoms with E-state index in [0.717, 1.165) is 51.4 Å². The molecule has 1 aliphatic heterocycles. The highest BCUT2D eigenvalue weighted by atomic mass is 35.5. The van der Waals surface area contributed by atoms with Crippen LogP contribution in [0.2, 0.25) is 0 Å². The van der Waals surface area contributed by atoms with Crippen LogP contribution in [0.1, 0.15) is 32.1 Å². The summed E-state index contributed by atoms with van der Waals surface area (Å²) in [5, 5.41) is 0. The third kappa shape index (κ3) is 4.23. The monoisotopic (exact) mass is 323 g/mol. The Labute approximate surface area is 134 Å². The summed E-state index contributed by atoms with van der Waals surface area (Å²) < 4.78 is 0. The van der Waals surface area contributed by atoms with Gasteiger partial charge in [0.2, 0.25) is 5.91 Å². The minimum atomic E-state index is 0. The fourth-order valence-corrected chi connectivity index (χ4v) is 3.35. The number of amides is 1. The number of nitrogens with two attached hydrogens (primary N) is 1. The van der Waals surface area contributed by atoms with Crippen molar-refractivity contribution in [2.24, 2.45) is 17.6 Å². The minimum absolute atomic E-state index is 0. The summed E-state index contributed by atoms with van der Waals surface area (Å²) >= 11 is 0. The standard InChI is InChI=1S/C14H25N3O.2ClH/c15-13-3-1-2-12(13)14(18)17-8-6-16(7-9-17)10-11-4-5-11;;/h11-13H,1-10,15H2;2*1H. The van der Waals surface area contributed by atoms with Crippen LogP contribution in [0.15, 0.2) is 0 Å². The van der Waals surface area contributed by atoms with Gasteiger partial charge in [-0.15, -0.1) is 24.8 Å². The molecule has 0 aromatic rings. The molecule has 2 atom stereocenters. The quantitative estimate of drug-likeness (QED) is 0.856. The van der Waals surface area contributed by atoms with E-state index in [2.05, 4.69) is 9.80 Å². The normalized spacial score (nSPS) is 30.6. The predicted octanol–water partition coefficient (Wildman–Crippen LogP) is 1.51. The summed E-state index contributed by atoms with van der Waals surface area (Å²) in [7, 11) is 0. The lowest BCUT2D eigenvalue weighted by atomic mass is 10.0. The van der Waals surface area contributed by atoms with E-state index in [-0.39, 0.29) is 36.8 Å². The molecule has 0 spiro atoms. The molecule has 1 heterocycles. The van der Waals surface area contributed by atoms with Gasteiger partial charge in [0.15, 0.2) is 0 Å². The average Bonchev–Trinajstić information content (AvgIpc) is 3.09. The molecule has 1 saturated heterocycles. The SMILES string of the molecule is Cl.Cl.NC1CCCC1C(=O)N1CCN(CC2CC2)CC1. The van der Waals surface area contributed by atoms with Crippen molar-refractivity contribution in [3.05, 3.63) is 0 Å². The molecular formula is C14H27Cl2N3O. The fraction of sp³-hybridized carbons (Fsp3) is 0.929. The van der Waals surface area contributed by atoms with E-state index in [9.17, 15) is 4.79 Å². The average molecular weight is 324 g/mol. The first-order valence-corrected chi connectivity index (χ1v) is 7.51. The molecule has 0 radical (unpaired) electrons. The van der Waals surface area contributed by atoms with Crippen LogP contribution in [-0.2, 0) is 4.79 Å². The lowest BCUT2D eigenvalue weighted by Crippen LogP contribution is -2.52. The number of nitrogens with zero attached hydrogens (tertiary/aromatic N) is 2. The van der Waals surface area contributed by atoms with Crippen LogP contribution >= 0.6 is 24.8 Å². The third-order valence-electron chi connectivity index (χ3n) is 4.78. The van der Waals surface area contributed by atoms with Crippen LogP contribution < -0.4 is 5.73 Å². The molecule has 1 amide bonds. The van der Waals surface area contributed by atoms with E-state index in [1.54, 1.807) is 0 Å². The van der Waals surface area contributed by atoms with Crippen molar-refractivity contribution in [3.63, 3.8) is 0 Å². The number of rotatable bonds is 3. The highest BCUT2D eigenvalue weighted by molar-refractivity contribution is 5.85. The molecule has 2 unspecified atom stereocenters. The molecule has 0 bridgehead atoms. The molecule has 6 heteroatoms. The summed E-state index contributed by atoms with van der Waals surface area (Å²) in [6.07, 6.45) is 5.98. The van der Waals surface area contributed by atoms with Crippen LogP contribution in [-0.4, -0.2) is 54.5 Å². The zero-order valence-electron chi connectivity index (χ0n) is 12.0. The number of halogens is 2. The van der Waals surface area contributed by atoms with Crippen LogP contribution in [0.3, 0.4) is 0 Å². The number of hydrogen-bond donors (Lipinski definition) is 1. The van der Waals surface area contributed by atoms with Crippen molar-refractivity contribution in [2.75, 3.05) is 32.7 Å². The van der Waals surface area contributed by atoms with Gasteiger partial charge in [-0.25, -0.2) is 0 Å². The summed E-state index contributed by atoms with van der Waals surface area (Å²) in [5.41, 5.74) is 6.03. The van der Waals surface area contributed by atoms with Gasteiger partial charge in [0.25, 0.3) is 0 Å². The van der Waals surface area contributed by atoms with E-state index in [1.807, 2.05) is 0 Å². The van der Waals surface area contributed by atoms with Crippen molar-refractivity contribution in [2.45, 2.75) is 38.1 Å². The molecule has 3 rings (SSSR count). The molecule has 118 valence electrons. The lowest BCUT2D eigenvalue weighted by Gasteiger charge is -2.36. The van der Waals surface area contributed by atoms with Crippen LogP contribution in [0, 0.1) is 11.8 Å². The second-order valence-corrected chi connectivity index (χ2v) is 6.27. The molecule has 2 aliphatic carbocycles. The summed E-state index contributed by atoms with van der Waals surface area (Å²) in [6.45, 7) is 5.20. The van der Waals surface area contributed by atoms with Gasteiger partial charge in [-0.1, -0.05) is 6.42 Å². The predicted molar refractivity (Wildman–Crippen MR) is 85.6 cm³/mol. The number of carbonyl (C=O) groups excluding carboxylic acids is 1. The zero-order valence-corrected chi connectivity index (χ0v) is 13.6. The minimum Gasteiger partial charge on any atom is -0.340 e. The maximum atomic E-state index is 12.4. The zero-order chi connectivity index (χ0) is 12.5. The Balaban J connectivity index is 0.000001000. The Hall–Kier alpha value is -0.0300. The van der Waals surface area contributed by atoms with Crippen LogP contribution in [0.4, 0.5) is 0 Å². The van der Waals surface area contributed by atoms with Gasteiger partial charge in [-0.3, -0.25) is 9.69 Å². The third-order valence-corrected chi connectivity index (χ3v) is 4.78. The summed E-state index contributed by atoms with van der Waals surface area (Å²) in [6, 6.07) is 0.113. The first-order chi connectivity index (χ1) is 8.74. The van der Waals surface area contributed by atoms with Gasteiger partial charge >= 0.3 is 0 Å². The Kier molecular flexibility index (Phi) is 7.06. The molecule has 0 aromatic carbocycles. The fourth-order valence-electron chi connectivity index (χ4n) is 3.35. The van der Waals surface area contributed by atoms with Gasteiger partial charge in [0.05, 0.1) is 5.92 Å². The highest BCUT2D eigenvalue weighted by Crippen LogP contribution is 2.30. The summed E-state index contributed by atoms with van der Waals surface area (Å²) in [5.74, 6) is 1.39. The highest BCUT2D eigenvalue weighted by Gasteiger charge is 2.35. The Morgan fingerprint density at radius 3 is 2.15 bits per heavy atom. The largest absolute Gasteiger partial charge is 0.340 e. The van der Waals surface area contributed by atoms with Gasteiger partial charge in [0.1, 0.15) is 0 Å². The van der Waals surface area contributed by atoms with Gasteiger partial charge < -0.3 is 10.6 Å². The van der Waals surface area contributed by atoms with Crippen molar-refractivity contribution in [3.8, 4) is 0 Å². The van der Waals surface area contributed by atoms with E-state index in [4.69, 9.17) is 5.73 Å². The molecule has 3 fully saturated rings. The van der Waals surface area contributed by atoms with Crippen molar-refractivity contribution < 1.29 is 4.79 Å². The van der Waals surface area contributed by atoms with Crippen molar-refractivity contribution in [1.29, 1.82) is 0 Å². The maximum absolute atomic E-state index is 12.4. The topological polar surface area (TPSA) is 49.6 Å². The maximum Gasteiger partial charge on any atom is 0.227 e. The first kappa shape index (κ1) is 18.0. The molecule has 3 aliphatic rings. The second kappa shape index (κ2) is 7.83. The molecule has 20 heavy (non-hydrogen) atoms. The van der Waals surface area contributed by atoms with E-state index in [0.29, 0.717) is 5.91 Å². The molecule has 4 nitrogen and oxygen atoms in total. The smallest absolute Gasteiger partial charge is 0.227 e. The number of carbonyl (C=O) groups is 1. The van der Waals surface area contributed by atoms with Crippen LogP contribution in [0.5, 0.6) is 0 Å².